The summed E-state index contributed by atoms with van der Waals surface area (Å²) in [6.07, 6.45) is 4.31. The van der Waals surface area contributed by atoms with E-state index < -0.39 is 5.54 Å². The number of piperidine rings is 1. The van der Waals surface area contributed by atoms with Gasteiger partial charge in [-0.25, -0.2) is 0 Å². The van der Waals surface area contributed by atoms with E-state index in [2.05, 4.69) is 5.32 Å². The van der Waals surface area contributed by atoms with Crippen LogP contribution in [0.5, 0.6) is 0 Å². The Balaban J connectivity index is 1.77. The molecule has 0 unspecified atom stereocenters. The molecule has 0 spiro atoms. The van der Waals surface area contributed by atoms with Crippen LogP contribution in [0, 0.1) is 0 Å². The molecule has 2 fully saturated rings. The van der Waals surface area contributed by atoms with Crippen molar-refractivity contribution < 1.29 is 14.3 Å². The van der Waals surface area contributed by atoms with Crippen molar-refractivity contribution in [1.29, 1.82) is 0 Å². The lowest BCUT2D eigenvalue weighted by atomic mass is 9.90. The van der Waals surface area contributed by atoms with Crippen molar-refractivity contribution in [2.24, 2.45) is 5.73 Å². The van der Waals surface area contributed by atoms with Gasteiger partial charge in [0, 0.05) is 26.3 Å². The molecule has 6 nitrogen and oxygen atoms in total. The third-order valence-electron chi connectivity index (χ3n) is 3.95. The standard InChI is InChI=1S/C13H23N3O3/c14-13(4-8-19-9-5-13)12(18)15-10-11(17)16-6-2-1-3-7-16/h1-10,14H2,(H,15,18). The highest BCUT2D eigenvalue weighted by molar-refractivity contribution is 5.90. The van der Waals surface area contributed by atoms with Gasteiger partial charge in [0.25, 0.3) is 0 Å². The highest BCUT2D eigenvalue weighted by Gasteiger charge is 2.36. The van der Waals surface area contributed by atoms with Crippen molar-refractivity contribution in [3.05, 3.63) is 0 Å². The third kappa shape index (κ3) is 3.67. The monoisotopic (exact) mass is 269 g/mol. The van der Waals surface area contributed by atoms with Crippen LogP contribution in [0.3, 0.4) is 0 Å². The molecule has 0 aromatic rings. The Bertz CT molecular complexity index is 334. The SMILES string of the molecule is NC1(C(=O)NCC(=O)N2CCCCC2)CCOCC1. The fraction of sp³-hybridized carbons (Fsp3) is 0.846. The molecule has 2 aliphatic rings. The zero-order chi connectivity index (χ0) is 13.7. The topological polar surface area (TPSA) is 84.7 Å². The molecule has 0 bridgehead atoms. The van der Waals surface area contributed by atoms with Crippen molar-refractivity contribution in [1.82, 2.24) is 10.2 Å². The Morgan fingerprint density at radius 3 is 2.42 bits per heavy atom. The zero-order valence-corrected chi connectivity index (χ0v) is 11.3. The number of amides is 2. The van der Waals surface area contributed by atoms with Crippen LogP contribution in [-0.4, -0.2) is 55.1 Å². The van der Waals surface area contributed by atoms with Crippen LogP contribution < -0.4 is 11.1 Å². The maximum absolute atomic E-state index is 12.0. The van der Waals surface area contributed by atoms with E-state index in [-0.39, 0.29) is 18.4 Å². The van der Waals surface area contributed by atoms with E-state index >= 15 is 0 Å². The summed E-state index contributed by atoms with van der Waals surface area (Å²) in [5.74, 6) is -0.245. The molecule has 2 aliphatic heterocycles. The molecular weight excluding hydrogens is 246 g/mol. The highest BCUT2D eigenvalue weighted by atomic mass is 16.5. The number of rotatable bonds is 3. The molecule has 0 aromatic carbocycles. The molecule has 0 aliphatic carbocycles. The first-order valence-corrected chi connectivity index (χ1v) is 7.04. The Morgan fingerprint density at radius 2 is 1.79 bits per heavy atom. The van der Waals surface area contributed by atoms with Crippen LogP contribution in [0.1, 0.15) is 32.1 Å². The van der Waals surface area contributed by atoms with Crippen molar-refractivity contribution in [3.63, 3.8) is 0 Å². The minimum Gasteiger partial charge on any atom is -0.381 e. The second kappa shape index (κ2) is 6.34. The molecule has 0 atom stereocenters. The quantitative estimate of drug-likeness (QED) is 0.731. The van der Waals surface area contributed by atoms with Gasteiger partial charge in [0.1, 0.15) is 0 Å². The maximum atomic E-state index is 12.0. The normalized spacial score (nSPS) is 22.9. The van der Waals surface area contributed by atoms with E-state index in [1.807, 2.05) is 4.90 Å². The molecule has 2 rings (SSSR count). The largest absolute Gasteiger partial charge is 0.381 e. The molecule has 108 valence electrons. The van der Waals surface area contributed by atoms with Crippen molar-refractivity contribution in [2.45, 2.75) is 37.6 Å². The summed E-state index contributed by atoms with van der Waals surface area (Å²) in [6.45, 7) is 2.67. The second-order valence-corrected chi connectivity index (χ2v) is 5.39. The van der Waals surface area contributed by atoms with E-state index in [9.17, 15) is 9.59 Å². The van der Waals surface area contributed by atoms with Crippen LogP contribution in [0.4, 0.5) is 0 Å². The maximum Gasteiger partial charge on any atom is 0.241 e. The highest BCUT2D eigenvalue weighted by Crippen LogP contribution is 2.17. The molecule has 0 aromatic heterocycles. The van der Waals surface area contributed by atoms with Gasteiger partial charge < -0.3 is 20.7 Å². The van der Waals surface area contributed by atoms with E-state index in [1.54, 1.807) is 0 Å². The lowest BCUT2D eigenvalue weighted by Crippen LogP contribution is -2.58. The molecule has 2 amide bonds. The third-order valence-corrected chi connectivity index (χ3v) is 3.95. The Kier molecular flexibility index (Phi) is 4.76. The first-order chi connectivity index (χ1) is 9.12. The number of carbonyl (C=O) groups excluding carboxylic acids is 2. The summed E-state index contributed by atoms with van der Waals surface area (Å²) in [5.41, 5.74) is 5.18. The predicted octanol–water partition coefficient (Wildman–Crippen LogP) is -0.377. The van der Waals surface area contributed by atoms with Gasteiger partial charge in [0.15, 0.2) is 0 Å². The number of nitrogens with one attached hydrogen (secondary N) is 1. The molecule has 2 heterocycles. The summed E-state index contributed by atoms with van der Waals surface area (Å²) in [7, 11) is 0. The number of carbonyl (C=O) groups is 2. The summed E-state index contributed by atoms with van der Waals surface area (Å²) < 4.78 is 5.20. The number of hydrogen-bond acceptors (Lipinski definition) is 4. The van der Waals surface area contributed by atoms with Crippen LogP contribution in [-0.2, 0) is 14.3 Å². The van der Waals surface area contributed by atoms with Crippen LogP contribution in [0.15, 0.2) is 0 Å². The van der Waals surface area contributed by atoms with Gasteiger partial charge in [-0.05, 0) is 32.1 Å². The molecule has 2 saturated heterocycles. The average molecular weight is 269 g/mol. The molecule has 6 heteroatoms. The van der Waals surface area contributed by atoms with E-state index in [0.717, 1.165) is 25.9 Å². The van der Waals surface area contributed by atoms with Gasteiger partial charge in [-0.1, -0.05) is 0 Å². The summed E-state index contributed by atoms with van der Waals surface area (Å²) in [4.78, 5) is 25.8. The Hall–Kier alpha value is -1.14. The van der Waals surface area contributed by atoms with Gasteiger partial charge >= 0.3 is 0 Å². The summed E-state index contributed by atoms with van der Waals surface area (Å²) in [5, 5.41) is 2.68. The fourth-order valence-electron chi connectivity index (χ4n) is 2.55. The van der Waals surface area contributed by atoms with Gasteiger partial charge in [0.05, 0.1) is 12.1 Å². The molecule has 0 radical (unpaired) electrons. The van der Waals surface area contributed by atoms with Gasteiger partial charge in [-0.3, -0.25) is 9.59 Å². The van der Waals surface area contributed by atoms with Crippen molar-refractivity contribution >= 4 is 11.8 Å². The smallest absolute Gasteiger partial charge is 0.241 e. The lowest BCUT2D eigenvalue weighted by molar-refractivity contribution is -0.136. The average Bonchev–Trinajstić information content (AvgIpc) is 2.46. The Morgan fingerprint density at radius 1 is 1.16 bits per heavy atom. The van der Waals surface area contributed by atoms with E-state index in [4.69, 9.17) is 10.5 Å². The molecule has 3 N–H and O–H groups in total. The van der Waals surface area contributed by atoms with Gasteiger partial charge in [-0.2, -0.15) is 0 Å². The second-order valence-electron chi connectivity index (χ2n) is 5.39. The van der Waals surface area contributed by atoms with E-state index in [1.165, 1.54) is 6.42 Å². The van der Waals surface area contributed by atoms with Crippen molar-refractivity contribution in [2.75, 3.05) is 32.8 Å². The van der Waals surface area contributed by atoms with E-state index in [0.29, 0.717) is 26.1 Å². The zero-order valence-electron chi connectivity index (χ0n) is 11.3. The molecular formula is C13H23N3O3. The van der Waals surface area contributed by atoms with Gasteiger partial charge in [-0.15, -0.1) is 0 Å². The summed E-state index contributed by atoms with van der Waals surface area (Å²) >= 11 is 0. The minimum absolute atomic E-state index is 0.0105. The number of nitrogens with zero attached hydrogens (tertiary/aromatic N) is 1. The minimum atomic E-state index is -0.875. The Labute approximate surface area is 113 Å². The lowest BCUT2D eigenvalue weighted by Gasteiger charge is -2.32. The van der Waals surface area contributed by atoms with Crippen LogP contribution >= 0.6 is 0 Å². The number of hydrogen-bond donors (Lipinski definition) is 2. The van der Waals surface area contributed by atoms with Gasteiger partial charge in [0.2, 0.25) is 11.8 Å². The first-order valence-electron chi connectivity index (χ1n) is 7.04. The predicted molar refractivity (Wildman–Crippen MR) is 70.4 cm³/mol. The summed E-state index contributed by atoms with van der Waals surface area (Å²) in [6, 6.07) is 0. The first kappa shape index (κ1) is 14.3. The van der Waals surface area contributed by atoms with Crippen LogP contribution in [0.25, 0.3) is 0 Å². The number of likely N-dealkylation sites (tertiary alicyclic amines) is 1. The molecule has 0 saturated carbocycles. The number of nitrogens with two attached hydrogens (primary N) is 1. The van der Waals surface area contributed by atoms with Crippen molar-refractivity contribution in [3.8, 4) is 0 Å². The molecule has 19 heavy (non-hydrogen) atoms. The van der Waals surface area contributed by atoms with Crippen LogP contribution in [0.2, 0.25) is 0 Å². The number of ether oxygens (including phenoxy) is 1. The fourth-order valence-corrected chi connectivity index (χ4v) is 2.55.